The van der Waals surface area contributed by atoms with Crippen LogP contribution in [0.1, 0.15) is 16.5 Å². The van der Waals surface area contributed by atoms with Crippen LogP contribution >= 0.6 is 11.6 Å². The second-order valence-corrected chi connectivity index (χ2v) is 5.01. The Kier molecular flexibility index (Phi) is 5.67. The van der Waals surface area contributed by atoms with Crippen LogP contribution in [-0.2, 0) is 16.1 Å². The van der Waals surface area contributed by atoms with Crippen LogP contribution in [0.2, 0.25) is 0 Å². The molecule has 2 aromatic carbocycles. The summed E-state index contributed by atoms with van der Waals surface area (Å²) < 4.78 is 15.6. The SMILES string of the molecule is COc1ccc([C@@H](Cl)C(=O)OCc2ccccc2)cc1OC. The van der Waals surface area contributed by atoms with Gasteiger partial charge in [0.05, 0.1) is 14.2 Å². The first kappa shape index (κ1) is 16.2. The van der Waals surface area contributed by atoms with Crippen molar-refractivity contribution in [1.82, 2.24) is 0 Å². The Hall–Kier alpha value is -2.20. The molecule has 0 unspecified atom stereocenters. The molecule has 116 valence electrons. The van der Waals surface area contributed by atoms with E-state index in [4.69, 9.17) is 25.8 Å². The van der Waals surface area contributed by atoms with Crippen LogP contribution in [0.25, 0.3) is 0 Å². The molecular weight excluding hydrogens is 304 g/mol. The highest BCUT2D eigenvalue weighted by atomic mass is 35.5. The zero-order chi connectivity index (χ0) is 15.9. The molecule has 0 radical (unpaired) electrons. The maximum atomic E-state index is 12.0. The van der Waals surface area contributed by atoms with Crippen molar-refractivity contribution in [2.24, 2.45) is 0 Å². The van der Waals surface area contributed by atoms with Crippen molar-refractivity contribution >= 4 is 17.6 Å². The summed E-state index contributed by atoms with van der Waals surface area (Å²) in [5.41, 5.74) is 1.50. The van der Waals surface area contributed by atoms with Gasteiger partial charge >= 0.3 is 5.97 Å². The fraction of sp³-hybridized carbons (Fsp3) is 0.235. The summed E-state index contributed by atoms with van der Waals surface area (Å²) in [6.45, 7) is 0.191. The molecule has 0 aromatic heterocycles. The van der Waals surface area contributed by atoms with Crippen LogP contribution in [0.4, 0.5) is 0 Å². The highest BCUT2D eigenvalue weighted by molar-refractivity contribution is 6.30. The zero-order valence-corrected chi connectivity index (χ0v) is 13.2. The van der Waals surface area contributed by atoms with Gasteiger partial charge in [0.1, 0.15) is 6.61 Å². The van der Waals surface area contributed by atoms with E-state index in [2.05, 4.69) is 0 Å². The number of methoxy groups -OCH3 is 2. The van der Waals surface area contributed by atoms with Crippen molar-refractivity contribution in [1.29, 1.82) is 0 Å². The van der Waals surface area contributed by atoms with Crippen molar-refractivity contribution in [3.05, 3.63) is 59.7 Å². The van der Waals surface area contributed by atoms with Crippen molar-refractivity contribution in [2.45, 2.75) is 12.0 Å². The molecule has 0 amide bonds. The van der Waals surface area contributed by atoms with E-state index in [1.165, 1.54) is 7.11 Å². The van der Waals surface area contributed by atoms with Gasteiger partial charge in [-0.3, -0.25) is 4.79 Å². The van der Waals surface area contributed by atoms with Crippen molar-refractivity contribution in [3.63, 3.8) is 0 Å². The lowest BCUT2D eigenvalue weighted by Crippen LogP contribution is -2.11. The Morgan fingerprint density at radius 1 is 1.05 bits per heavy atom. The van der Waals surface area contributed by atoms with Gasteiger partial charge in [0, 0.05) is 0 Å². The molecule has 0 saturated heterocycles. The van der Waals surface area contributed by atoms with Crippen LogP contribution in [0.15, 0.2) is 48.5 Å². The molecule has 2 rings (SSSR count). The lowest BCUT2D eigenvalue weighted by atomic mass is 10.1. The van der Waals surface area contributed by atoms with E-state index in [9.17, 15) is 4.79 Å². The monoisotopic (exact) mass is 320 g/mol. The third-order valence-electron chi connectivity index (χ3n) is 3.13. The first-order chi connectivity index (χ1) is 10.7. The van der Waals surface area contributed by atoms with Gasteiger partial charge in [-0.1, -0.05) is 36.4 Å². The average Bonchev–Trinajstić information content (AvgIpc) is 2.59. The summed E-state index contributed by atoms with van der Waals surface area (Å²) >= 11 is 6.18. The maximum absolute atomic E-state index is 12.0. The van der Waals surface area contributed by atoms with E-state index in [1.54, 1.807) is 25.3 Å². The van der Waals surface area contributed by atoms with Gasteiger partial charge in [-0.05, 0) is 23.3 Å². The number of halogens is 1. The average molecular weight is 321 g/mol. The molecule has 0 aliphatic heterocycles. The number of esters is 1. The lowest BCUT2D eigenvalue weighted by Gasteiger charge is -2.13. The predicted molar refractivity (Wildman–Crippen MR) is 84.4 cm³/mol. The largest absolute Gasteiger partial charge is 0.493 e. The zero-order valence-electron chi connectivity index (χ0n) is 12.4. The molecule has 2 aromatic rings. The molecule has 0 spiro atoms. The van der Waals surface area contributed by atoms with Gasteiger partial charge in [0.2, 0.25) is 0 Å². The molecule has 4 nitrogen and oxygen atoms in total. The number of carbonyl (C=O) groups excluding carboxylic acids is 1. The van der Waals surface area contributed by atoms with E-state index in [0.29, 0.717) is 17.1 Å². The number of carbonyl (C=O) groups is 1. The highest BCUT2D eigenvalue weighted by Crippen LogP contribution is 2.32. The fourth-order valence-corrected chi connectivity index (χ4v) is 2.15. The Balaban J connectivity index is 2.04. The summed E-state index contributed by atoms with van der Waals surface area (Å²) in [5, 5.41) is -0.900. The molecule has 0 heterocycles. The number of alkyl halides is 1. The molecule has 5 heteroatoms. The summed E-state index contributed by atoms with van der Waals surface area (Å²) in [5.74, 6) is 0.590. The Morgan fingerprint density at radius 2 is 1.73 bits per heavy atom. The minimum atomic E-state index is -0.900. The smallest absolute Gasteiger partial charge is 0.328 e. The minimum Gasteiger partial charge on any atom is -0.493 e. The van der Waals surface area contributed by atoms with Crippen LogP contribution in [0.3, 0.4) is 0 Å². The second-order valence-electron chi connectivity index (χ2n) is 4.57. The van der Waals surface area contributed by atoms with Gasteiger partial charge in [-0.2, -0.15) is 0 Å². The summed E-state index contributed by atoms with van der Waals surface area (Å²) in [7, 11) is 3.07. The standard InChI is InChI=1S/C17H17ClO4/c1-20-14-9-8-13(10-15(14)21-2)16(18)17(19)22-11-12-6-4-3-5-7-12/h3-10,16H,11H2,1-2H3/t16-/m1/s1. The second kappa shape index (κ2) is 7.71. The first-order valence-electron chi connectivity index (χ1n) is 6.72. The van der Waals surface area contributed by atoms with E-state index in [-0.39, 0.29) is 6.61 Å². The molecule has 0 saturated carbocycles. The summed E-state index contributed by atoms with van der Waals surface area (Å²) in [6.07, 6.45) is 0. The van der Waals surface area contributed by atoms with Crippen LogP contribution in [0, 0.1) is 0 Å². The predicted octanol–water partition coefficient (Wildman–Crippen LogP) is 3.73. The molecule has 0 aliphatic carbocycles. The highest BCUT2D eigenvalue weighted by Gasteiger charge is 2.21. The fourth-order valence-electron chi connectivity index (χ4n) is 1.95. The maximum Gasteiger partial charge on any atom is 0.328 e. The van der Waals surface area contributed by atoms with E-state index < -0.39 is 11.3 Å². The minimum absolute atomic E-state index is 0.191. The Labute approximate surface area is 134 Å². The van der Waals surface area contributed by atoms with Crippen LogP contribution in [0.5, 0.6) is 11.5 Å². The Morgan fingerprint density at radius 3 is 2.36 bits per heavy atom. The third kappa shape index (κ3) is 3.92. The van der Waals surface area contributed by atoms with Gasteiger partial charge in [0.25, 0.3) is 0 Å². The number of hydrogen-bond donors (Lipinski definition) is 0. The Bertz CT molecular complexity index is 628. The summed E-state index contributed by atoms with van der Waals surface area (Å²) in [6, 6.07) is 14.5. The van der Waals surface area contributed by atoms with Crippen molar-refractivity contribution in [2.75, 3.05) is 14.2 Å². The van der Waals surface area contributed by atoms with Crippen molar-refractivity contribution < 1.29 is 19.0 Å². The van der Waals surface area contributed by atoms with E-state index in [0.717, 1.165) is 5.56 Å². The summed E-state index contributed by atoms with van der Waals surface area (Å²) in [4.78, 5) is 12.0. The molecule has 22 heavy (non-hydrogen) atoms. The topological polar surface area (TPSA) is 44.8 Å². The van der Waals surface area contributed by atoms with Gasteiger partial charge in [-0.25, -0.2) is 0 Å². The molecule has 0 bridgehead atoms. The molecule has 1 atom stereocenters. The van der Waals surface area contributed by atoms with E-state index >= 15 is 0 Å². The molecule has 0 N–H and O–H groups in total. The molecule has 0 fully saturated rings. The lowest BCUT2D eigenvalue weighted by molar-refractivity contribution is -0.144. The molecule has 0 aliphatic rings. The first-order valence-corrected chi connectivity index (χ1v) is 7.16. The quantitative estimate of drug-likeness (QED) is 0.601. The number of rotatable bonds is 6. The van der Waals surface area contributed by atoms with Crippen LogP contribution in [-0.4, -0.2) is 20.2 Å². The van der Waals surface area contributed by atoms with E-state index in [1.807, 2.05) is 30.3 Å². The normalized spacial score (nSPS) is 11.6. The van der Waals surface area contributed by atoms with Crippen LogP contribution < -0.4 is 9.47 Å². The van der Waals surface area contributed by atoms with Gasteiger partial charge in [0.15, 0.2) is 16.9 Å². The third-order valence-corrected chi connectivity index (χ3v) is 3.56. The number of benzene rings is 2. The molecular formula is C17H17ClO4. The van der Waals surface area contributed by atoms with Gasteiger partial charge in [-0.15, -0.1) is 11.6 Å². The van der Waals surface area contributed by atoms with Crippen molar-refractivity contribution in [3.8, 4) is 11.5 Å². The number of ether oxygens (including phenoxy) is 3. The van der Waals surface area contributed by atoms with Gasteiger partial charge < -0.3 is 14.2 Å². The number of hydrogen-bond acceptors (Lipinski definition) is 4.